The summed E-state index contributed by atoms with van der Waals surface area (Å²) < 4.78 is 5.50. The number of rotatable bonds is 5. The summed E-state index contributed by atoms with van der Waals surface area (Å²) in [5, 5.41) is 5.76. The van der Waals surface area contributed by atoms with E-state index in [0.717, 1.165) is 32.6 Å². The molecule has 2 heterocycles. The van der Waals surface area contributed by atoms with E-state index in [0.29, 0.717) is 5.92 Å². The van der Waals surface area contributed by atoms with E-state index in [1.807, 2.05) is 37.0 Å². The molecule has 2 rings (SSSR count). The Hall–Kier alpha value is -1.07. The standard InChI is InChI=1S/C19H32N2O2S/c1-18(2,3)23-17(22)21-10-6-8-15(13-21)12-20-14-19(4,5)16-9-7-11-24-16/h7,9,11,15,20H,6,8,10,12-14H2,1-5H3. The zero-order valence-corrected chi connectivity index (χ0v) is 16.5. The Labute approximate surface area is 150 Å². The number of hydrogen-bond acceptors (Lipinski definition) is 4. The molecule has 1 aliphatic rings. The quantitative estimate of drug-likeness (QED) is 0.861. The Kier molecular flexibility index (Phi) is 6.32. The van der Waals surface area contributed by atoms with Gasteiger partial charge in [0, 0.05) is 29.9 Å². The van der Waals surface area contributed by atoms with Crippen molar-refractivity contribution in [1.29, 1.82) is 0 Å². The molecule has 0 radical (unpaired) electrons. The van der Waals surface area contributed by atoms with Crippen molar-refractivity contribution in [3.8, 4) is 0 Å². The van der Waals surface area contributed by atoms with Gasteiger partial charge in [-0.3, -0.25) is 0 Å². The van der Waals surface area contributed by atoms with Crippen LogP contribution in [-0.4, -0.2) is 42.8 Å². The summed E-state index contributed by atoms with van der Waals surface area (Å²) in [6.07, 6.45) is 2.05. The molecule has 24 heavy (non-hydrogen) atoms. The van der Waals surface area contributed by atoms with Crippen LogP contribution in [0.4, 0.5) is 4.79 Å². The normalized spacial score (nSPS) is 19.4. The van der Waals surface area contributed by atoms with Crippen molar-refractivity contribution in [2.24, 2.45) is 5.92 Å². The number of likely N-dealkylation sites (tertiary alicyclic amines) is 1. The lowest BCUT2D eigenvalue weighted by Gasteiger charge is -2.34. The fraction of sp³-hybridized carbons (Fsp3) is 0.737. The number of ether oxygens (including phenoxy) is 1. The van der Waals surface area contributed by atoms with Gasteiger partial charge in [-0.1, -0.05) is 19.9 Å². The van der Waals surface area contributed by atoms with Crippen LogP contribution >= 0.6 is 11.3 Å². The van der Waals surface area contributed by atoms with Crippen LogP contribution in [0.5, 0.6) is 0 Å². The average molecular weight is 353 g/mol. The molecule has 1 fully saturated rings. The second-order valence-electron chi connectivity index (χ2n) is 8.43. The minimum atomic E-state index is -0.424. The molecule has 1 aromatic heterocycles. The van der Waals surface area contributed by atoms with Crippen molar-refractivity contribution < 1.29 is 9.53 Å². The van der Waals surface area contributed by atoms with E-state index >= 15 is 0 Å². The number of nitrogens with zero attached hydrogens (tertiary/aromatic N) is 1. The van der Waals surface area contributed by atoms with Crippen molar-refractivity contribution in [3.05, 3.63) is 22.4 Å². The summed E-state index contributed by atoms with van der Waals surface area (Å²) in [4.78, 5) is 15.5. The van der Waals surface area contributed by atoms with Crippen LogP contribution in [0.1, 0.15) is 52.3 Å². The second kappa shape index (κ2) is 7.87. The fourth-order valence-corrected chi connectivity index (χ4v) is 3.92. The molecule has 136 valence electrons. The number of nitrogens with one attached hydrogen (secondary N) is 1. The summed E-state index contributed by atoms with van der Waals surface area (Å²) in [6.45, 7) is 13.8. The lowest BCUT2D eigenvalue weighted by atomic mass is 9.91. The number of amides is 1. The van der Waals surface area contributed by atoms with E-state index < -0.39 is 5.60 Å². The van der Waals surface area contributed by atoms with Crippen LogP contribution in [0, 0.1) is 5.92 Å². The zero-order chi connectivity index (χ0) is 17.8. The van der Waals surface area contributed by atoms with Gasteiger partial charge < -0.3 is 15.0 Å². The first-order valence-electron chi connectivity index (χ1n) is 8.90. The Bertz CT molecular complexity index is 520. The molecule has 0 saturated carbocycles. The molecule has 1 unspecified atom stereocenters. The number of carbonyl (C=O) groups is 1. The second-order valence-corrected chi connectivity index (χ2v) is 9.37. The molecular weight excluding hydrogens is 320 g/mol. The molecular formula is C19H32N2O2S. The molecule has 1 aliphatic heterocycles. The van der Waals surface area contributed by atoms with E-state index in [2.05, 4.69) is 36.7 Å². The molecule has 1 atom stereocenters. The topological polar surface area (TPSA) is 41.6 Å². The molecule has 1 N–H and O–H groups in total. The van der Waals surface area contributed by atoms with Crippen LogP contribution in [0.25, 0.3) is 0 Å². The minimum absolute atomic E-state index is 0.147. The highest BCUT2D eigenvalue weighted by Gasteiger charge is 2.28. The third-order valence-corrected chi connectivity index (χ3v) is 5.59. The SMILES string of the molecule is CC(C)(C)OC(=O)N1CCCC(CNCC(C)(C)c2cccs2)C1. The largest absolute Gasteiger partial charge is 0.444 e. The maximum Gasteiger partial charge on any atom is 0.410 e. The van der Waals surface area contributed by atoms with Gasteiger partial charge in [0.1, 0.15) is 5.60 Å². The lowest BCUT2D eigenvalue weighted by Crippen LogP contribution is -2.46. The number of hydrogen-bond donors (Lipinski definition) is 1. The van der Waals surface area contributed by atoms with Crippen LogP contribution < -0.4 is 5.32 Å². The first kappa shape index (κ1) is 19.3. The smallest absolute Gasteiger partial charge is 0.410 e. The van der Waals surface area contributed by atoms with E-state index in [9.17, 15) is 4.79 Å². The van der Waals surface area contributed by atoms with Crippen molar-refractivity contribution in [2.45, 2.75) is 58.5 Å². The van der Waals surface area contributed by atoms with E-state index in [1.165, 1.54) is 11.3 Å². The van der Waals surface area contributed by atoms with Crippen molar-refractivity contribution in [3.63, 3.8) is 0 Å². The van der Waals surface area contributed by atoms with Gasteiger partial charge in [0.05, 0.1) is 0 Å². The highest BCUT2D eigenvalue weighted by molar-refractivity contribution is 7.10. The monoisotopic (exact) mass is 352 g/mol. The molecule has 0 spiro atoms. The van der Waals surface area contributed by atoms with E-state index in [-0.39, 0.29) is 11.5 Å². The Morgan fingerprint density at radius 1 is 1.38 bits per heavy atom. The molecule has 1 amide bonds. The zero-order valence-electron chi connectivity index (χ0n) is 15.7. The minimum Gasteiger partial charge on any atom is -0.444 e. The predicted molar refractivity (Wildman–Crippen MR) is 101 cm³/mol. The molecule has 0 aliphatic carbocycles. The summed E-state index contributed by atoms with van der Waals surface area (Å²) in [5.41, 5.74) is -0.277. The Morgan fingerprint density at radius 2 is 2.12 bits per heavy atom. The Balaban J connectivity index is 1.78. The van der Waals surface area contributed by atoms with E-state index in [1.54, 1.807) is 0 Å². The van der Waals surface area contributed by atoms with Gasteiger partial charge in [0.25, 0.3) is 0 Å². The summed E-state index contributed by atoms with van der Waals surface area (Å²) in [5.74, 6) is 0.505. The van der Waals surface area contributed by atoms with Crippen LogP contribution in [0.3, 0.4) is 0 Å². The van der Waals surface area contributed by atoms with Gasteiger partial charge >= 0.3 is 6.09 Å². The van der Waals surface area contributed by atoms with Gasteiger partial charge in [-0.05, 0) is 57.5 Å². The van der Waals surface area contributed by atoms with E-state index in [4.69, 9.17) is 4.74 Å². The fourth-order valence-electron chi connectivity index (χ4n) is 3.06. The highest BCUT2D eigenvalue weighted by Crippen LogP contribution is 2.27. The maximum atomic E-state index is 12.2. The van der Waals surface area contributed by atoms with Crippen molar-refractivity contribution in [1.82, 2.24) is 10.2 Å². The molecule has 4 nitrogen and oxygen atoms in total. The van der Waals surface area contributed by atoms with Gasteiger partial charge in [-0.15, -0.1) is 11.3 Å². The first-order chi connectivity index (χ1) is 11.2. The molecule has 1 aromatic rings. The molecule has 5 heteroatoms. The van der Waals surface area contributed by atoms with Crippen LogP contribution in [0.2, 0.25) is 0 Å². The number of carbonyl (C=O) groups excluding carboxylic acids is 1. The maximum absolute atomic E-state index is 12.2. The molecule has 0 aromatic carbocycles. The lowest BCUT2D eigenvalue weighted by molar-refractivity contribution is 0.0166. The molecule has 0 bridgehead atoms. The van der Waals surface area contributed by atoms with Crippen LogP contribution in [-0.2, 0) is 10.2 Å². The summed E-state index contributed by atoms with van der Waals surface area (Å²) in [7, 11) is 0. The summed E-state index contributed by atoms with van der Waals surface area (Å²) >= 11 is 1.82. The number of piperidine rings is 1. The highest BCUT2D eigenvalue weighted by atomic mass is 32.1. The summed E-state index contributed by atoms with van der Waals surface area (Å²) in [6, 6.07) is 4.32. The first-order valence-corrected chi connectivity index (χ1v) is 9.78. The molecule has 1 saturated heterocycles. The van der Waals surface area contributed by atoms with Gasteiger partial charge in [0.15, 0.2) is 0 Å². The number of thiophene rings is 1. The van der Waals surface area contributed by atoms with Gasteiger partial charge in [0.2, 0.25) is 0 Å². The third kappa shape index (κ3) is 5.78. The van der Waals surface area contributed by atoms with Crippen molar-refractivity contribution in [2.75, 3.05) is 26.2 Å². The van der Waals surface area contributed by atoms with Crippen LogP contribution in [0.15, 0.2) is 17.5 Å². The van der Waals surface area contributed by atoms with Gasteiger partial charge in [-0.2, -0.15) is 0 Å². The Morgan fingerprint density at radius 3 is 2.75 bits per heavy atom. The third-order valence-electron chi connectivity index (χ3n) is 4.36. The predicted octanol–water partition coefficient (Wildman–Crippen LogP) is 4.26. The van der Waals surface area contributed by atoms with Gasteiger partial charge in [-0.25, -0.2) is 4.79 Å². The average Bonchev–Trinajstić information content (AvgIpc) is 3.00. The van der Waals surface area contributed by atoms with Crippen molar-refractivity contribution >= 4 is 17.4 Å².